The van der Waals surface area contributed by atoms with Crippen LogP contribution in [0.4, 0.5) is 0 Å². The number of hydrogen-bond donors (Lipinski definition) is 2. The molecule has 0 bridgehead atoms. The molecule has 7 heteroatoms. The molecule has 0 saturated heterocycles. The number of pyridine rings is 1. The van der Waals surface area contributed by atoms with Crippen molar-refractivity contribution in [3.05, 3.63) is 78.8 Å². The molecule has 0 amide bonds. The Morgan fingerprint density at radius 3 is 2.42 bits per heavy atom. The second-order valence-electron chi connectivity index (χ2n) is 5.88. The lowest BCUT2D eigenvalue weighted by molar-refractivity contribution is 0.581. The summed E-state index contributed by atoms with van der Waals surface area (Å²) in [7, 11) is -3.57. The van der Waals surface area contributed by atoms with E-state index in [2.05, 4.69) is 19.9 Å². The summed E-state index contributed by atoms with van der Waals surface area (Å²) < 4.78 is 27.5. The number of fused-ring (bicyclic) bond motifs is 1. The number of benzene rings is 2. The Labute approximate surface area is 151 Å². The van der Waals surface area contributed by atoms with E-state index in [4.69, 9.17) is 0 Å². The van der Waals surface area contributed by atoms with Gasteiger partial charge < -0.3 is 0 Å². The van der Waals surface area contributed by atoms with Crippen LogP contribution in [0.3, 0.4) is 0 Å². The number of nitrogens with zero attached hydrogens (tertiary/aromatic N) is 2. The smallest absolute Gasteiger partial charge is 0.240 e. The molecule has 2 aromatic heterocycles. The number of H-pyrrole nitrogens is 1. The van der Waals surface area contributed by atoms with E-state index in [0.717, 1.165) is 27.6 Å². The summed E-state index contributed by atoms with van der Waals surface area (Å²) in [6.45, 7) is 0.226. The molecule has 0 atom stereocenters. The molecule has 2 aromatic carbocycles. The first-order valence-electron chi connectivity index (χ1n) is 8.04. The van der Waals surface area contributed by atoms with Crippen molar-refractivity contribution >= 4 is 20.9 Å². The summed E-state index contributed by atoms with van der Waals surface area (Å²) in [6, 6.07) is 16.3. The van der Waals surface area contributed by atoms with Crippen molar-refractivity contribution in [1.29, 1.82) is 0 Å². The van der Waals surface area contributed by atoms with Crippen molar-refractivity contribution < 1.29 is 8.42 Å². The number of nitrogens with one attached hydrogen (secondary N) is 2. The predicted octanol–water partition coefficient (Wildman–Crippen LogP) is 3.10. The molecular weight excluding hydrogens is 348 g/mol. The second-order valence-corrected chi connectivity index (χ2v) is 7.64. The van der Waals surface area contributed by atoms with E-state index >= 15 is 0 Å². The molecule has 4 rings (SSSR count). The molecule has 2 N–H and O–H groups in total. The molecule has 0 radical (unpaired) electrons. The lowest BCUT2D eigenvalue weighted by atomic mass is 10.0. The van der Waals surface area contributed by atoms with Crippen LogP contribution in [0.15, 0.2) is 78.1 Å². The predicted molar refractivity (Wildman–Crippen MR) is 99.8 cm³/mol. The number of hydrogen-bond acceptors (Lipinski definition) is 4. The third-order valence-electron chi connectivity index (χ3n) is 4.15. The third-order valence-corrected chi connectivity index (χ3v) is 5.57. The first-order valence-corrected chi connectivity index (χ1v) is 9.52. The van der Waals surface area contributed by atoms with Crippen LogP contribution in [0.5, 0.6) is 0 Å². The van der Waals surface area contributed by atoms with Crippen molar-refractivity contribution in [3.63, 3.8) is 0 Å². The van der Waals surface area contributed by atoms with Crippen LogP contribution in [0.25, 0.3) is 22.0 Å². The molecule has 0 aliphatic heterocycles. The lowest BCUT2D eigenvalue weighted by Gasteiger charge is -2.08. The number of aromatic nitrogens is 3. The van der Waals surface area contributed by atoms with Gasteiger partial charge in [-0.1, -0.05) is 18.2 Å². The van der Waals surface area contributed by atoms with Crippen molar-refractivity contribution in [1.82, 2.24) is 19.9 Å². The number of sulfonamides is 1. The Morgan fingerprint density at radius 1 is 0.923 bits per heavy atom. The Morgan fingerprint density at radius 2 is 1.65 bits per heavy atom. The quantitative estimate of drug-likeness (QED) is 0.570. The van der Waals surface area contributed by atoms with Crippen molar-refractivity contribution in [3.8, 4) is 11.1 Å². The second kappa shape index (κ2) is 6.70. The Kier molecular flexibility index (Phi) is 4.24. The van der Waals surface area contributed by atoms with Gasteiger partial charge in [0.25, 0.3) is 0 Å². The zero-order valence-corrected chi connectivity index (χ0v) is 14.6. The average molecular weight is 364 g/mol. The minimum Gasteiger partial charge on any atom is -0.278 e. The summed E-state index contributed by atoms with van der Waals surface area (Å²) in [5, 5.41) is 7.94. The van der Waals surface area contributed by atoms with E-state index < -0.39 is 10.0 Å². The van der Waals surface area contributed by atoms with Crippen molar-refractivity contribution in [2.24, 2.45) is 0 Å². The van der Waals surface area contributed by atoms with Crippen LogP contribution >= 0.6 is 0 Å². The van der Waals surface area contributed by atoms with E-state index in [1.54, 1.807) is 42.9 Å². The highest BCUT2D eigenvalue weighted by atomic mass is 32.2. The van der Waals surface area contributed by atoms with Crippen LogP contribution < -0.4 is 4.72 Å². The maximum absolute atomic E-state index is 12.5. The number of rotatable bonds is 5. The first kappa shape index (κ1) is 16.4. The maximum atomic E-state index is 12.5. The highest BCUT2D eigenvalue weighted by Gasteiger charge is 2.13. The molecule has 0 fully saturated rings. The third kappa shape index (κ3) is 3.35. The molecule has 4 aromatic rings. The van der Waals surface area contributed by atoms with Crippen LogP contribution in [0.1, 0.15) is 5.56 Å². The zero-order valence-electron chi connectivity index (χ0n) is 13.8. The molecule has 0 unspecified atom stereocenters. The molecule has 0 aliphatic carbocycles. The van der Waals surface area contributed by atoms with Gasteiger partial charge in [-0.05, 0) is 53.1 Å². The van der Waals surface area contributed by atoms with Crippen LogP contribution in [0, 0.1) is 0 Å². The van der Waals surface area contributed by atoms with Crippen LogP contribution in [0.2, 0.25) is 0 Å². The van der Waals surface area contributed by atoms with E-state index in [-0.39, 0.29) is 11.4 Å². The largest absolute Gasteiger partial charge is 0.278 e. The van der Waals surface area contributed by atoms with E-state index in [1.807, 2.05) is 30.3 Å². The molecule has 0 aliphatic rings. The molecule has 26 heavy (non-hydrogen) atoms. The van der Waals surface area contributed by atoms with Crippen LogP contribution in [-0.4, -0.2) is 23.6 Å². The Bertz CT molecular complexity index is 1140. The zero-order chi connectivity index (χ0) is 18.0. The molecule has 130 valence electrons. The van der Waals surface area contributed by atoms with Gasteiger partial charge in [-0.25, -0.2) is 13.1 Å². The van der Waals surface area contributed by atoms with Gasteiger partial charge in [-0.3, -0.25) is 10.1 Å². The SMILES string of the molecule is O=S(=O)(NCc1ccncc1)c1ccc(-c2ccc3[nH]ncc3c2)cc1. The van der Waals surface area contributed by atoms with Gasteiger partial charge in [0.1, 0.15) is 0 Å². The van der Waals surface area contributed by atoms with Crippen LogP contribution in [-0.2, 0) is 16.6 Å². The van der Waals surface area contributed by atoms with E-state index in [1.165, 1.54) is 0 Å². The summed E-state index contributed by atoms with van der Waals surface area (Å²) in [5.41, 5.74) is 3.77. The minimum atomic E-state index is -3.57. The standard InChI is InChI=1S/C19H16N4O2S/c24-26(25,22-12-14-7-9-20-10-8-14)18-4-1-15(2-5-18)16-3-6-19-17(11-16)13-21-23-19/h1-11,13,22H,12H2,(H,21,23). The highest BCUT2D eigenvalue weighted by molar-refractivity contribution is 7.89. The van der Waals surface area contributed by atoms with Crippen molar-refractivity contribution in [2.45, 2.75) is 11.4 Å². The highest BCUT2D eigenvalue weighted by Crippen LogP contribution is 2.24. The Hall–Kier alpha value is -3.03. The van der Waals surface area contributed by atoms with Crippen molar-refractivity contribution in [2.75, 3.05) is 0 Å². The molecular formula is C19H16N4O2S. The first-order chi connectivity index (χ1) is 12.6. The molecule has 6 nitrogen and oxygen atoms in total. The number of aromatic amines is 1. The fourth-order valence-corrected chi connectivity index (χ4v) is 3.73. The topological polar surface area (TPSA) is 87.7 Å². The Balaban J connectivity index is 1.54. The maximum Gasteiger partial charge on any atom is 0.240 e. The monoisotopic (exact) mass is 364 g/mol. The molecule has 0 saturated carbocycles. The summed E-state index contributed by atoms with van der Waals surface area (Å²) in [4.78, 5) is 4.15. The van der Waals surface area contributed by atoms with Gasteiger partial charge in [0, 0.05) is 24.3 Å². The summed E-state index contributed by atoms with van der Waals surface area (Å²) in [5.74, 6) is 0. The summed E-state index contributed by atoms with van der Waals surface area (Å²) in [6.07, 6.45) is 5.03. The van der Waals surface area contributed by atoms with Gasteiger partial charge in [-0.2, -0.15) is 5.10 Å². The fourth-order valence-electron chi connectivity index (χ4n) is 2.71. The van der Waals surface area contributed by atoms with E-state index in [9.17, 15) is 8.42 Å². The molecule has 0 spiro atoms. The average Bonchev–Trinajstić information content (AvgIpc) is 3.15. The van der Waals surface area contributed by atoms with E-state index in [0.29, 0.717) is 0 Å². The van der Waals surface area contributed by atoms with Gasteiger partial charge in [0.2, 0.25) is 10.0 Å². The van der Waals surface area contributed by atoms with Gasteiger partial charge in [0.05, 0.1) is 16.6 Å². The lowest BCUT2D eigenvalue weighted by Crippen LogP contribution is -2.23. The normalized spacial score (nSPS) is 11.7. The molecule has 2 heterocycles. The fraction of sp³-hybridized carbons (Fsp3) is 0.0526. The van der Waals surface area contributed by atoms with Gasteiger partial charge in [0.15, 0.2) is 0 Å². The van der Waals surface area contributed by atoms with Gasteiger partial charge in [-0.15, -0.1) is 0 Å². The van der Waals surface area contributed by atoms with Gasteiger partial charge >= 0.3 is 0 Å². The minimum absolute atomic E-state index is 0.226. The summed E-state index contributed by atoms with van der Waals surface area (Å²) >= 11 is 0.